The molecule has 1 fully saturated rings. The maximum Gasteiger partial charge on any atom is 0.292 e. The van der Waals surface area contributed by atoms with E-state index in [2.05, 4.69) is 5.32 Å². The summed E-state index contributed by atoms with van der Waals surface area (Å²) in [6.07, 6.45) is 3.92. The number of nitro benzene ring substituents is 1. The summed E-state index contributed by atoms with van der Waals surface area (Å²) in [4.78, 5) is 24.4. The minimum atomic E-state index is -0.442. The van der Waals surface area contributed by atoms with Gasteiger partial charge in [-0.05, 0) is 18.9 Å². The lowest BCUT2D eigenvalue weighted by molar-refractivity contribution is -0.384. The zero-order chi connectivity index (χ0) is 16.2. The number of hydrogen-bond acceptors (Lipinski definition) is 5. The molecule has 1 saturated carbocycles. The zero-order valence-corrected chi connectivity index (χ0v) is 12.7. The maximum absolute atomic E-state index is 12.2. The van der Waals surface area contributed by atoms with Gasteiger partial charge in [0.2, 0.25) is 5.91 Å². The number of carbonyl (C=O) groups is 1. The van der Waals surface area contributed by atoms with E-state index >= 15 is 0 Å². The van der Waals surface area contributed by atoms with Crippen LogP contribution in [0.3, 0.4) is 0 Å². The first-order valence-electron chi connectivity index (χ1n) is 7.43. The number of nitrogens with one attached hydrogen (secondary N) is 1. The summed E-state index contributed by atoms with van der Waals surface area (Å²) in [5.74, 6) is -0.159. The summed E-state index contributed by atoms with van der Waals surface area (Å²) in [7, 11) is 1.67. The molecule has 0 saturated heterocycles. The number of rotatable bonds is 6. The van der Waals surface area contributed by atoms with E-state index in [0.717, 1.165) is 25.7 Å². The van der Waals surface area contributed by atoms with Crippen molar-refractivity contribution in [1.82, 2.24) is 5.32 Å². The smallest absolute Gasteiger partial charge is 0.292 e. The van der Waals surface area contributed by atoms with E-state index in [1.165, 1.54) is 6.07 Å². The molecule has 120 valence electrons. The normalized spacial score (nSPS) is 16.3. The lowest BCUT2D eigenvalue weighted by Crippen LogP contribution is -2.53. The third kappa shape index (κ3) is 3.54. The number of nitrogens with zero attached hydrogens (tertiary/aromatic N) is 2. The Hall–Kier alpha value is -2.15. The number of benzene rings is 1. The van der Waals surface area contributed by atoms with Gasteiger partial charge in [-0.15, -0.1) is 0 Å². The largest absolute Gasteiger partial charge is 0.360 e. The average Bonchev–Trinajstić information content (AvgIpc) is 2.96. The van der Waals surface area contributed by atoms with Crippen LogP contribution in [0.15, 0.2) is 24.3 Å². The van der Waals surface area contributed by atoms with Crippen molar-refractivity contribution >= 4 is 17.3 Å². The first kappa shape index (κ1) is 16.2. The molecule has 1 aromatic carbocycles. The molecule has 0 aromatic heterocycles. The highest BCUT2D eigenvalue weighted by atomic mass is 16.6. The fourth-order valence-electron chi connectivity index (χ4n) is 3.01. The van der Waals surface area contributed by atoms with E-state index in [9.17, 15) is 14.9 Å². The van der Waals surface area contributed by atoms with Crippen LogP contribution in [-0.2, 0) is 4.79 Å². The second kappa shape index (κ2) is 6.74. The Labute approximate surface area is 129 Å². The second-order valence-electron chi connectivity index (χ2n) is 5.84. The van der Waals surface area contributed by atoms with Crippen LogP contribution in [0.2, 0.25) is 0 Å². The number of amides is 1. The lowest BCUT2D eigenvalue weighted by atomic mass is 9.98. The standard InChI is InChI=1S/C15H22N4O3/c1-18(12-6-2-3-7-13(12)19(21)22)10-14(20)17-15(11-16)8-4-5-9-15/h2-3,6-7H,4-5,8-11,16H2,1H3,(H,17,20). The van der Waals surface area contributed by atoms with Crippen molar-refractivity contribution in [1.29, 1.82) is 0 Å². The van der Waals surface area contributed by atoms with Gasteiger partial charge in [-0.2, -0.15) is 0 Å². The van der Waals surface area contributed by atoms with E-state index in [-0.39, 0.29) is 23.7 Å². The van der Waals surface area contributed by atoms with Crippen LogP contribution < -0.4 is 16.0 Å². The van der Waals surface area contributed by atoms with Crippen molar-refractivity contribution < 1.29 is 9.72 Å². The van der Waals surface area contributed by atoms with Crippen LogP contribution in [-0.4, -0.2) is 36.5 Å². The molecule has 0 unspecified atom stereocenters. The molecule has 7 nitrogen and oxygen atoms in total. The van der Waals surface area contributed by atoms with Gasteiger partial charge in [0.05, 0.1) is 17.0 Å². The van der Waals surface area contributed by atoms with Crippen molar-refractivity contribution in [2.75, 3.05) is 25.0 Å². The van der Waals surface area contributed by atoms with Gasteiger partial charge in [-0.3, -0.25) is 14.9 Å². The molecule has 7 heteroatoms. The SMILES string of the molecule is CN(CC(=O)NC1(CN)CCCC1)c1ccccc1[N+](=O)[O-]. The van der Waals surface area contributed by atoms with Crippen LogP contribution in [0.5, 0.6) is 0 Å². The second-order valence-corrected chi connectivity index (χ2v) is 5.84. The van der Waals surface area contributed by atoms with Gasteiger partial charge in [-0.25, -0.2) is 0 Å². The van der Waals surface area contributed by atoms with Gasteiger partial charge >= 0.3 is 0 Å². The van der Waals surface area contributed by atoms with Crippen molar-refractivity contribution in [2.24, 2.45) is 5.73 Å². The minimum absolute atomic E-state index is 0.00722. The van der Waals surface area contributed by atoms with Gasteiger partial charge in [0.1, 0.15) is 5.69 Å². The Morgan fingerprint density at radius 1 is 1.41 bits per heavy atom. The Balaban J connectivity index is 2.04. The summed E-state index contributed by atoms with van der Waals surface area (Å²) < 4.78 is 0. The molecule has 1 aliphatic carbocycles. The van der Waals surface area contributed by atoms with Gasteiger partial charge in [-0.1, -0.05) is 25.0 Å². The summed E-state index contributed by atoms with van der Waals surface area (Å²) in [6.45, 7) is 0.487. The Kier molecular flexibility index (Phi) is 4.97. The van der Waals surface area contributed by atoms with Crippen molar-refractivity contribution in [3.8, 4) is 0 Å². The molecule has 0 atom stereocenters. The van der Waals surface area contributed by atoms with E-state index in [0.29, 0.717) is 12.2 Å². The van der Waals surface area contributed by atoms with Crippen LogP contribution in [0, 0.1) is 10.1 Å². The van der Waals surface area contributed by atoms with Crippen molar-refractivity contribution in [3.63, 3.8) is 0 Å². The third-order valence-electron chi connectivity index (χ3n) is 4.23. The highest BCUT2D eigenvalue weighted by Gasteiger charge is 2.34. The molecule has 0 aliphatic heterocycles. The first-order valence-corrected chi connectivity index (χ1v) is 7.43. The molecule has 0 bridgehead atoms. The molecule has 0 spiro atoms. The molecule has 1 amide bonds. The van der Waals surface area contributed by atoms with E-state index in [1.807, 2.05) is 0 Å². The number of para-hydroxylation sites is 2. The van der Waals surface area contributed by atoms with Gasteiger partial charge in [0.15, 0.2) is 0 Å². The number of likely N-dealkylation sites (N-methyl/N-ethyl adjacent to an activating group) is 1. The van der Waals surface area contributed by atoms with Gasteiger partial charge < -0.3 is 16.0 Å². The van der Waals surface area contributed by atoms with Crippen LogP contribution in [0.4, 0.5) is 11.4 Å². The van der Waals surface area contributed by atoms with Gasteiger partial charge in [0, 0.05) is 19.7 Å². The number of nitro groups is 1. The molecular weight excluding hydrogens is 284 g/mol. The molecular formula is C15H22N4O3. The molecule has 0 heterocycles. The molecule has 1 aliphatic rings. The van der Waals surface area contributed by atoms with E-state index in [4.69, 9.17) is 5.73 Å². The average molecular weight is 306 g/mol. The van der Waals surface area contributed by atoms with Crippen molar-refractivity contribution in [3.05, 3.63) is 34.4 Å². The fraction of sp³-hybridized carbons (Fsp3) is 0.533. The zero-order valence-electron chi connectivity index (χ0n) is 12.7. The third-order valence-corrected chi connectivity index (χ3v) is 4.23. The Bertz CT molecular complexity index is 555. The highest BCUT2D eigenvalue weighted by molar-refractivity contribution is 5.83. The highest BCUT2D eigenvalue weighted by Crippen LogP contribution is 2.29. The molecule has 3 N–H and O–H groups in total. The monoisotopic (exact) mass is 306 g/mol. The maximum atomic E-state index is 12.2. The van der Waals surface area contributed by atoms with Gasteiger partial charge in [0.25, 0.3) is 5.69 Å². The Morgan fingerprint density at radius 2 is 2.05 bits per heavy atom. The molecule has 0 radical (unpaired) electrons. The number of hydrogen-bond donors (Lipinski definition) is 2. The summed E-state index contributed by atoms with van der Waals surface area (Å²) in [6, 6.07) is 6.40. The van der Waals surface area contributed by atoms with E-state index < -0.39 is 4.92 Å². The van der Waals surface area contributed by atoms with Crippen LogP contribution in [0.25, 0.3) is 0 Å². The fourth-order valence-corrected chi connectivity index (χ4v) is 3.01. The topological polar surface area (TPSA) is 102 Å². The van der Waals surface area contributed by atoms with Crippen LogP contribution in [0.1, 0.15) is 25.7 Å². The molecule has 1 aromatic rings. The first-order chi connectivity index (χ1) is 10.5. The predicted octanol–water partition coefficient (Wildman–Crippen LogP) is 1.42. The lowest BCUT2D eigenvalue weighted by Gasteiger charge is -2.30. The van der Waals surface area contributed by atoms with Crippen LogP contribution >= 0.6 is 0 Å². The summed E-state index contributed by atoms with van der Waals surface area (Å²) >= 11 is 0. The molecule has 2 rings (SSSR count). The van der Waals surface area contributed by atoms with E-state index in [1.54, 1.807) is 30.1 Å². The minimum Gasteiger partial charge on any atom is -0.360 e. The summed E-state index contributed by atoms with van der Waals surface area (Å²) in [5, 5.41) is 14.1. The Morgan fingerprint density at radius 3 is 2.64 bits per heavy atom. The number of anilines is 1. The number of carbonyl (C=O) groups excluding carboxylic acids is 1. The predicted molar refractivity (Wildman–Crippen MR) is 84.8 cm³/mol. The quantitative estimate of drug-likeness (QED) is 0.611. The van der Waals surface area contributed by atoms with Crippen molar-refractivity contribution in [2.45, 2.75) is 31.2 Å². The molecule has 22 heavy (non-hydrogen) atoms. The number of nitrogens with two attached hydrogens (primary N) is 1. The summed E-state index contributed by atoms with van der Waals surface area (Å²) in [5.41, 5.74) is 5.92.